The highest BCUT2D eigenvalue weighted by Crippen LogP contribution is 2.30. The van der Waals surface area contributed by atoms with E-state index in [0.29, 0.717) is 0 Å². The highest BCUT2D eigenvalue weighted by molar-refractivity contribution is 5.66. The average Bonchev–Trinajstić information content (AvgIpc) is 2.24. The largest absolute Gasteiger partial charge is 0.302 e. The molecule has 1 nitrogen and oxygen atoms in total. The summed E-state index contributed by atoms with van der Waals surface area (Å²) in [5.74, 6) is -0.410. The molecular weight excluding hydrogens is 191 g/mol. The molecule has 0 amide bonds. The maximum Gasteiger partial charge on any atom is 0.129 e. The van der Waals surface area contributed by atoms with Gasteiger partial charge in [0.05, 0.1) is 0 Å². The van der Waals surface area contributed by atoms with Gasteiger partial charge in [-0.05, 0) is 44.9 Å². The lowest BCUT2D eigenvalue weighted by molar-refractivity contribution is -0.113. The standard InChI is InChI=1S/C13H19FO/c1-6-10(3)12(8-11(14)7-2)13(4,5)9-15/h7-9H,2,6H2,1,3-5H3/b11-8+,12-10-. The number of hydrogen-bond donors (Lipinski definition) is 0. The van der Waals surface area contributed by atoms with Crippen LogP contribution in [0.15, 0.2) is 35.7 Å². The van der Waals surface area contributed by atoms with E-state index in [4.69, 9.17) is 0 Å². The van der Waals surface area contributed by atoms with Crippen LogP contribution in [0.4, 0.5) is 4.39 Å². The van der Waals surface area contributed by atoms with Crippen LogP contribution in [0.25, 0.3) is 0 Å². The first-order valence-corrected chi connectivity index (χ1v) is 5.05. The third kappa shape index (κ3) is 3.82. The van der Waals surface area contributed by atoms with Crippen LogP contribution in [0.1, 0.15) is 34.1 Å². The van der Waals surface area contributed by atoms with Crippen molar-refractivity contribution >= 4 is 6.29 Å². The zero-order valence-corrected chi connectivity index (χ0v) is 9.93. The number of hydrogen-bond acceptors (Lipinski definition) is 1. The molecule has 0 aliphatic rings. The number of carbonyl (C=O) groups is 1. The van der Waals surface area contributed by atoms with Crippen LogP contribution in [0.3, 0.4) is 0 Å². The summed E-state index contributed by atoms with van der Waals surface area (Å²) in [5, 5.41) is 0. The van der Waals surface area contributed by atoms with Gasteiger partial charge in [0.25, 0.3) is 0 Å². The molecule has 0 heterocycles. The lowest BCUT2D eigenvalue weighted by Crippen LogP contribution is -2.16. The Bertz CT molecular complexity index is 308. The molecule has 15 heavy (non-hydrogen) atoms. The lowest BCUT2D eigenvalue weighted by Gasteiger charge is -2.21. The van der Waals surface area contributed by atoms with E-state index in [1.54, 1.807) is 13.8 Å². The van der Waals surface area contributed by atoms with Gasteiger partial charge in [-0.2, -0.15) is 0 Å². The second-order valence-electron chi connectivity index (χ2n) is 4.12. The Balaban J connectivity index is 5.46. The summed E-state index contributed by atoms with van der Waals surface area (Å²) < 4.78 is 13.1. The van der Waals surface area contributed by atoms with E-state index in [1.807, 2.05) is 13.8 Å². The molecule has 2 heteroatoms. The summed E-state index contributed by atoms with van der Waals surface area (Å²) in [5.41, 5.74) is 1.10. The summed E-state index contributed by atoms with van der Waals surface area (Å²) in [4.78, 5) is 10.9. The van der Waals surface area contributed by atoms with Crippen LogP contribution in [-0.2, 0) is 4.79 Å². The maximum absolute atomic E-state index is 13.1. The molecule has 0 saturated heterocycles. The van der Waals surface area contributed by atoms with Gasteiger partial charge in [-0.3, -0.25) is 0 Å². The quantitative estimate of drug-likeness (QED) is 0.495. The van der Waals surface area contributed by atoms with Crippen LogP contribution in [-0.4, -0.2) is 6.29 Å². The van der Waals surface area contributed by atoms with Crippen molar-refractivity contribution in [2.45, 2.75) is 34.1 Å². The Morgan fingerprint density at radius 2 is 2.00 bits per heavy atom. The predicted molar refractivity (Wildman–Crippen MR) is 62.2 cm³/mol. The van der Waals surface area contributed by atoms with Crippen molar-refractivity contribution in [1.29, 1.82) is 0 Å². The van der Waals surface area contributed by atoms with Gasteiger partial charge in [0.1, 0.15) is 12.1 Å². The molecule has 0 aliphatic carbocycles. The maximum atomic E-state index is 13.1. The fraction of sp³-hybridized carbons (Fsp3) is 0.462. The van der Waals surface area contributed by atoms with Crippen molar-refractivity contribution < 1.29 is 9.18 Å². The van der Waals surface area contributed by atoms with Gasteiger partial charge in [-0.15, -0.1) is 0 Å². The molecule has 0 aromatic rings. The van der Waals surface area contributed by atoms with Crippen molar-refractivity contribution in [3.8, 4) is 0 Å². The summed E-state index contributed by atoms with van der Waals surface area (Å²) in [7, 11) is 0. The van der Waals surface area contributed by atoms with E-state index in [1.165, 1.54) is 6.08 Å². The van der Waals surface area contributed by atoms with Crippen molar-refractivity contribution in [3.63, 3.8) is 0 Å². The molecule has 0 bridgehead atoms. The third-order valence-corrected chi connectivity index (χ3v) is 2.46. The number of aldehydes is 1. The number of halogens is 1. The molecular formula is C13H19FO. The number of allylic oxidation sites excluding steroid dienone is 5. The van der Waals surface area contributed by atoms with Crippen LogP contribution in [0.2, 0.25) is 0 Å². The minimum Gasteiger partial charge on any atom is -0.302 e. The van der Waals surface area contributed by atoms with Crippen LogP contribution in [0, 0.1) is 5.41 Å². The minimum absolute atomic E-state index is 0.410. The predicted octanol–water partition coefficient (Wildman–Crippen LogP) is 3.98. The second-order valence-corrected chi connectivity index (χ2v) is 4.12. The van der Waals surface area contributed by atoms with Crippen molar-refractivity contribution in [2.75, 3.05) is 0 Å². The number of rotatable bonds is 5. The molecule has 0 rings (SSSR count). The minimum atomic E-state index is -0.652. The molecule has 0 aliphatic heterocycles. The molecule has 84 valence electrons. The molecule has 0 radical (unpaired) electrons. The van der Waals surface area contributed by atoms with E-state index >= 15 is 0 Å². The Labute approximate surface area is 91.4 Å². The molecule has 0 spiro atoms. The van der Waals surface area contributed by atoms with Crippen LogP contribution < -0.4 is 0 Å². The molecule has 0 N–H and O–H groups in total. The van der Waals surface area contributed by atoms with E-state index in [-0.39, 0.29) is 0 Å². The fourth-order valence-electron chi connectivity index (χ4n) is 1.31. The molecule has 0 unspecified atom stereocenters. The van der Waals surface area contributed by atoms with Gasteiger partial charge < -0.3 is 4.79 Å². The topological polar surface area (TPSA) is 17.1 Å². The zero-order chi connectivity index (χ0) is 12.1. The molecule has 0 atom stereocenters. The molecule has 0 saturated carbocycles. The monoisotopic (exact) mass is 210 g/mol. The molecule has 0 fully saturated rings. The summed E-state index contributed by atoms with van der Waals surface area (Å²) in [6.45, 7) is 10.8. The van der Waals surface area contributed by atoms with Crippen molar-refractivity contribution in [1.82, 2.24) is 0 Å². The third-order valence-electron chi connectivity index (χ3n) is 2.46. The Hall–Kier alpha value is -1.18. The van der Waals surface area contributed by atoms with E-state index < -0.39 is 11.2 Å². The summed E-state index contributed by atoms with van der Waals surface area (Å²) >= 11 is 0. The first-order valence-electron chi connectivity index (χ1n) is 5.05. The fourth-order valence-corrected chi connectivity index (χ4v) is 1.31. The molecule has 0 aromatic carbocycles. The van der Waals surface area contributed by atoms with Crippen LogP contribution >= 0.6 is 0 Å². The zero-order valence-electron chi connectivity index (χ0n) is 9.93. The van der Waals surface area contributed by atoms with Gasteiger partial charge in [-0.25, -0.2) is 4.39 Å². The summed E-state index contributed by atoms with van der Waals surface area (Å²) in [6, 6.07) is 0. The first-order chi connectivity index (χ1) is 6.88. The van der Waals surface area contributed by atoms with Gasteiger partial charge in [0.15, 0.2) is 0 Å². The van der Waals surface area contributed by atoms with Gasteiger partial charge in [0, 0.05) is 5.41 Å². The first kappa shape index (κ1) is 13.8. The van der Waals surface area contributed by atoms with Crippen molar-refractivity contribution in [2.24, 2.45) is 5.41 Å². The normalized spacial score (nSPS) is 14.6. The smallest absolute Gasteiger partial charge is 0.129 e. The van der Waals surface area contributed by atoms with Gasteiger partial charge in [-0.1, -0.05) is 19.1 Å². The lowest BCUT2D eigenvalue weighted by atomic mass is 9.82. The SMILES string of the molecule is C=C/C(F)=C\C(=C(/C)CC)C(C)(C)C=O. The average molecular weight is 210 g/mol. The number of carbonyl (C=O) groups excluding carboxylic acids is 1. The highest BCUT2D eigenvalue weighted by atomic mass is 19.1. The second kappa shape index (κ2) is 5.64. The molecule has 0 aromatic heterocycles. The van der Waals surface area contributed by atoms with Gasteiger partial charge in [0.2, 0.25) is 0 Å². The van der Waals surface area contributed by atoms with E-state index in [9.17, 15) is 9.18 Å². The summed E-state index contributed by atoms with van der Waals surface area (Å²) in [6.07, 6.45) is 4.17. The van der Waals surface area contributed by atoms with E-state index in [2.05, 4.69) is 6.58 Å². The van der Waals surface area contributed by atoms with Crippen molar-refractivity contribution in [3.05, 3.63) is 35.7 Å². The Morgan fingerprint density at radius 1 is 1.47 bits per heavy atom. The van der Waals surface area contributed by atoms with Gasteiger partial charge >= 0.3 is 0 Å². The van der Waals surface area contributed by atoms with E-state index in [0.717, 1.165) is 29.9 Å². The highest BCUT2D eigenvalue weighted by Gasteiger charge is 2.22. The Kier molecular flexibility index (Phi) is 5.20. The Morgan fingerprint density at radius 3 is 2.33 bits per heavy atom. The van der Waals surface area contributed by atoms with Crippen LogP contribution in [0.5, 0.6) is 0 Å².